The molecule has 60 valence electrons. The number of hydrogen-bond acceptors (Lipinski definition) is 1. The minimum Gasteiger partial charge on any atom is -0.305 e. The van der Waals surface area contributed by atoms with Gasteiger partial charge in [-0.25, -0.2) is 0 Å². The van der Waals surface area contributed by atoms with E-state index in [-0.39, 0.29) is 6.54 Å². The first-order chi connectivity index (χ1) is 7.60. The molecular formula is C9H12BrN. The van der Waals surface area contributed by atoms with E-state index in [0.717, 1.165) is 4.47 Å². The summed E-state index contributed by atoms with van der Waals surface area (Å²) in [6.07, 6.45) is 0. The van der Waals surface area contributed by atoms with Crippen LogP contribution in [-0.4, -0.2) is 18.9 Å². The number of nitrogens with zero attached hydrogens (tertiary/aromatic N) is 1. The van der Waals surface area contributed by atoms with Gasteiger partial charge in [-0.15, -0.1) is 0 Å². The van der Waals surface area contributed by atoms with Crippen molar-refractivity contribution in [3.05, 3.63) is 34.3 Å². The molecule has 0 atom stereocenters. The fourth-order valence-electron chi connectivity index (χ4n) is 0.818. The van der Waals surface area contributed by atoms with Crippen LogP contribution in [0.1, 0.15) is 13.8 Å². The van der Waals surface area contributed by atoms with E-state index in [4.69, 9.17) is 8.22 Å². The zero-order valence-corrected chi connectivity index (χ0v) is 7.43. The quantitative estimate of drug-likeness (QED) is 0.740. The first kappa shape index (κ1) is 3.58. The molecule has 0 amide bonds. The molecule has 2 heteroatoms. The summed E-state index contributed by atoms with van der Waals surface area (Å²) in [6.45, 7) is -5.44. The van der Waals surface area contributed by atoms with Crippen molar-refractivity contribution >= 4 is 15.9 Å². The summed E-state index contributed by atoms with van der Waals surface area (Å²) in [5.41, 5.74) is 0.631. The summed E-state index contributed by atoms with van der Waals surface area (Å²) in [7, 11) is 0. The van der Waals surface area contributed by atoms with Crippen LogP contribution < -0.4 is 0 Å². The maximum absolute atomic E-state index is 7.24. The predicted octanol–water partition coefficient (Wildman–Crippen LogP) is 2.51. The summed E-state index contributed by atoms with van der Waals surface area (Å²) in [4.78, 5) is 0.530. The van der Waals surface area contributed by atoms with Crippen LogP contribution in [0.4, 0.5) is 0 Å². The van der Waals surface area contributed by atoms with Crippen LogP contribution >= 0.6 is 15.9 Å². The van der Waals surface area contributed by atoms with Crippen molar-refractivity contribution in [1.82, 2.24) is 4.90 Å². The SMILES string of the molecule is [2H]C([2H])([2H])N(Cc1cccc(Br)c1)C([2H])([2H])[2H]. The summed E-state index contributed by atoms with van der Waals surface area (Å²) in [6, 6.07) is 6.91. The molecule has 0 radical (unpaired) electrons. The van der Waals surface area contributed by atoms with Gasteiger partial charge in [-0.2, -0.15) is 0 Å². The Bertz CT molecular complexity index is 372. The van der Waals surface area contributed by atoms with Gasteiger partial charge in [0, 0.05) is 19.2 Å². The first-order valence-electron chi connectivity index (χ1n) is 6.13. The third-order valence-corrected chi connectivity index (χ3v) is 1.72. The molecule has 0 spiro atoms. The third kappa shape index (κ3) is 3.04. The summed E-state index contributed by atoms with van der Waals surface area (Å²) < 4.78 is 44.2. The highest BCUT2D eigenvalue weighted by atomic mass is 79.9. The molecule has 0 aliphatic rings. The molecule has 1 rings (SSSR count). The van der Waals surface area contributed by atoms with Gasteiger partial charge in [0.1, 0.15) is 0 Å². The molecule has 0 aromatic heterocycles. The Balaban J connectivity index is 2.96. The van der Waals surface area contributed by atoms with E-state index in [1.165, 1.54) is 0 Å². The van der Waals surface area contributed by atoms with Gasteiger partial charge < -0.3 is 4.90 Å². The van der Waals surface area contributed by atoms with Crippen LogP contribution in [-0.2, 0) is 6.54 Å². The van der Waals surface area contributed by atoms with Crippen molar-refractivity contribution in [2.24, 2.45) is 0 Å². The van der Waals surface area contributed by atoms with Gasteiger partial charge in [-0.05, 0) is 31.6 Å². The van der Waals surface area contributed by atoms with Crippen LogP contribution in [0.2, 0.25) is 0 Å². The molecule has 1 nitrogen and oxygen atoms in total. The van der Waals surface area contributed by atoms with E-state index in [0.29, 0.717) is 10.5 Å². The maximum atomic E-state index is 7.24. The smallest absolute Gasteiger partial charge is 0.0394 e. The highest BCUT2D eigenvalue weighted by Gasteiger charge is 1.94. The largest absolute Gasteiger partial charge is 0.305 e. The van der Waals surface area contributed by atoms with E-state index < -0.39 is 14.0 Å². The monoisotopic (exact) mass is 219 g/mol. The molecule has 0 aliphatic heterocycles. The van der Waals surface area contributed by atoms with E-state index in [1.54, 1.807) is 24.3 Å². The van der Waals surface area contributed by atoms with Gasteiger partial charge >= 0.3 is 0 Å². The molecule has 0 unspecified atom stereocenters. The Kier molecular flexibility index (Phi) is 1.26. The minimum atomic E-state index is -2.65. The van der Waals surface area contributed by atoms with Gasteiger partial charge in [0.05, 0.1) is 0 Å². The van der Waals surface area contributed by atoms with Gasteiger partial charge in [-0.1, -0.05) is 28.1 Å². The number of benzene rings is 1. The Morgan fingerprint density at radius 3 is 3.00 bits per heavy atom. The van der Waals surface area contributed by atoms with Gasteiger partial charge in [0.2, 0.25) is 0 Å². The molecule has 0 fully saturated rings. The molecule has 0 bridgehead atoms. The normalized spacial score (nSPS) is 20.9. The number of rotatable bonds is 2. The maximum Gasteiger partial charge on any atom is 0.0394 e. The number of halogens is 1. The fourth-order valence-corrected chi connectivity index (χ4v) is 1.26. The Morgan fingerprint density at radius 1 is 1.55 bits per heavy atom. The Morgan fingerprint density at radius 2 is 2.36 bits per heavy atom. The predicted molar refractivity (Wildman–Crippen MR) is 51.5 cm³/mol. The molecular weight excluding hydrogens is 202 g/mol. The molecule has 0 aliphatic carbocycles. The Hall–Kier alpha value is -0.340. The first-order valence-corrected chi connectivity index (χ1v) is 3.92. The lowest BCUT2D eigenvalue weighted by Crippen LogP contribution is -2.10. The van der Waals surface area contributed by atoms with Crippen LogP contribution in [0.25, 0.3) is 0 Å². The molecule has 11 heavy (non-hydrogen) atoms. The third-order valence-electron chi connectivity index (χ3n) is 1.23. The molecule has 0 saturated heterocycles. The lowest BCUT2D eigenvalue weighted by atomic mass is 10.2. The van der Waals surface area contributed by atoms with Crippen molar-refractivity contribution in [3.8, 4) is 0 Å². The summed E-state index contributed by atoms with van der Waals surface area (Å²) in [5.74, 6) is 0. The van der Waals surface area contributed by atoms with Gasteiger partial charge in [0.25, 0.3) is 0 Å². The minimum absolute atomic E-state index is 0.146. The highest BCUT2D eigenvalue weighted by molar-refractivity contribution is 9.10. The summed E-state index contributed by atoms with van der Waals surface area (Å²) >= 11 is 3.25. The van der Waals surface area contributed by atoms with E-state index in [1.807, 2.05) is 0 Å². The second kappa shape index (κ2) is 3.88. The zero-order valence-electron chi connectivity index (χ0n) is 11.8. The van der Waals surface area contributed by atoms with Crippen molar-refractivity contribution in [2.45, 2.75) is 6.54 Å². The van der Waals surface area contributed by atoms with E-state index in [9.17, 15) is 0 Å². The van der Waals surface area contributed by atoms with Crippen LogP contribution in [0.15, 0.2) is 28.7 Å². The molecule has 1 aromatic carbocycles. The summed E-state index contributed by atoms with van der Waals surface area (Å²) in [5, 5.41) is 0. The molecule has 0 heterocycles. The van der Waals surface area contributed by atoms with Gasteiger partial charge in [-0.3, -0.25) is 0 Å². The average molecular weight is 220 g/mol. The average Bonchev–Trinajstić information content (AvgIpc) is 2.10. The second-order valence-corrected chi connectivity index (χ2v) is 3.13. The highest BCUT2D eigenvalue weighted by Crippen LogP contribution is 2.12. The lowest BCUT2D eigenvalue weighted by molar-refractivity contribution is 0.402. The van der Waals surface area contributed by atoms with Crippen molar-refractivity contribution in [3.63, 3.8) is 0 Å². The molecule has 1 aromatic rings. The van der Waals surface area contributed by atoms with Crippen LogP contribution in [0.5, 0.6) is 0 Å². The van der Waals surface area contributed by atoms with Crippen LogP contribution in [0, 0.1) is 0 Å². The lowest BCUT2D eigenvalue weighted by Gasteiger charge is -2.08. The zero-order chi connectivity index (χ0) is 13.3. The standard InChI is InChI=1S/C9H12BrN/c1-11(2)7-8-4-3-5-9(10)6-8/h3-6H,7H2,1-2H3/i1D3,2D3. The van der Waals surface area contributed by atoms with Gasteiger partial charge in [0.15, 0.2) is 0 Å². The second-order valence-electron chi connectivity index (χ2n) is 2.22. The van der Waals surface area contributed by atoms with Crippen LogP contribution in [0.3, 0.4) is 0 Å². The molecule has 0 N–H and O–H groups in total. The van der Waals surface area contributed by atoms with Crippen molar-refractivity contribution in [2.75, 3.05) is 14.0 Å². The van der Waals surface area contributed by atoms with Crippen molar-refractivity contribution < 1.29 is 8.22 Å². The van der Waals surface area contributed by atoms with E-state index in [2.05, 4.69) is 15.9 Å². The fraction of sp³-hybridized carbons (Fsp3) is 0.333. The topological polar surface area (TPSA) is 3.24 Å². The Labute approximate surface area is 84.6 Å². The van der Waals surface area contributed by atoms with Crippen molar-refractivity contribution in [1.29, 1.82) is 0 Å². The molecule has 0 saturated carbocycles. The number of hydrogen-bond donors (Lipinski definition) is 0. The van der Waals surface area contributed by atoms with E-state index >= 15 is 0 Å².